The van der Waals surface area contributed by atoms with E-state index in [1.165, 1.54) is 0 Å². The molecule has 2 aromatic rings. The maximum Gasteiger partial charge on any atom is 0.348 e. The maximum atomic E-state index is 12.1. The van der Waals surface area contributed by atoms with E-state index in [0.717, 1.165) is 16.7 Å². The quantitative estimate of drug-likeness (QED) is 0.853. The number of carbonyl (C=O) groups excluding carboxylic acids is 1. The van der Waals surface area contributed by atoms with E-state index in [4.69, 9.17) is 0 Å². The largest absolute Gasteiger partial charge is 0.477 e. The summed E-state index contributed by atoms with van der Waals surface area (Å²) in [6, 6.07) is 3.56. The zero-order chi connectivity index (χ0) is 14.3. The molecule has 104 valence electrons. The Hall–Kier alpha value is -1.60. The first-order valence-corrected chi connectivity index (χ1v) is 7.58. The molecule has 1 saturated heterocycles. The summed E-state index contributed by atoms with van der Waals surface area (Å²) in [7, 11) is 0. The molecule has 1 unspecified atom stereocenters. The number of carboxylic acid groups (broad SMARTS) is 1. The van der Waals surface area contributed by atoms with Crippen molar-refractivity contribution < 1.29 is 14.7 Å². The van der Waals surface area contributed by atoms with E-state index in [1.807, 2.05) is 6.07 Å². The summed E-state index contributed by atoms with van der Waals surface area (Å²) < 4.78 is 0. The van der Waals surface area contributed by atoms with E-state index in [1.54, 1.807) is 17.2 Å². The second-order valence-electron chi connectivity index (χ2n) is 4.70. The fourth-order valence-corrected chi connectivity index (χ4v) is 3.68. The lowest BCUT2D eigenvalue weighted by Gasteiger charge is -2.16. The summed E-state index contributed by atoms with van der Waals surface area (Å²) in [5.74, 6) is -0.287. The Kier molecular flexibility index (Phi) is 3.39. The monoisotopic (exact) mass is 308 g/mol. The maximum absolute atomic E-state index is 12.1. The zero-order valence-electron chi connectivity index (χ0n) is 10.4. The molecule has 1 aliphatic heterocycles. The third kappa shape index (κ3) is 2.06. The molecule has 1 atom stereocenters. The van der Waals surface area contributed by atoms with Crippen molar-refractivity contribution in [1.29, 1.82) is 0 Å². The molecule has 1 fully saturated rings. The Balaban J connectivity index is 2.17. The van der Waals surface area contributed by atoms with Gasteiger partial charge in [-0.3, -0.25) is 4.79 Å². The number of rotatable bonds is 3. The number of anilines is 1. The van der Waals surface area contributed by atoms with Crippen LogP contribution >= 0.6 is 24.0 Å². The number of thiol groups is 1. The second kappa shape index (κ2) is 5.06. The SMILES string of the molecule is O=C(O)c1sc2ncccc2c1N1CC(CS)CC1=O. The van der Waals surface area contributed by atoms with Crippen LogP contribution in [0, 0.1) is 5.92 Å². The van der Waals surface area contributed by atoms with Crippen molar-refractivity contribution in [1.82, 2.24) is 4.98 Å². The van der Waals surface area contributed by atoms with Crippen molar-refractivity contribution in [3.63, 3.8) is 0 Å². The van der Waals surface area contributed by atoms with Crippen LogP contribution in [-0.2, 0) is 4.79 Å². The second-order valence-corrected chi connectivity index (χ2v) is 6.06. The van der Waals surface area contributed by atoms with Gasteiger partial charge in [-0.25, -0.2) is 9.78 Å². The van der Waals surface area contributed by atoms with E-state index in [2.05, 4.69) is 17.6 Å². The smallest absolute Gasteiger partial charge is 0.348 e. The Morgan fingerprint density at radius 1 is 1.60 bits per heavy atom. The minimum atomic E-state index is -1.02. The number of carboxylic acids is 1. The highest BCUT2D eigenvalue weighted by Crippen LogP contribution is 2.39. The van der Waals surface area contributed by atoms with E-state index in [0.29, 0.717) is 29.2 Å². The van der Waals surface area contributed by atoms with E-state index < -0.39 is 5.97 Å². The number of aromatic carboxylic acids is 1. The number of carbonyl (C=O) groups is 2. The fourth-order valence-electron chi connectivity index (χ4n) is 2.45. The van der Waals surface area contributed by atoms with Gasteiger partial charge in [-0.05, 0) is 23.8 Å². The summed E-state index contributed by atoms with van der Waals surface area (Å²) in [6.07, 6.45) is 2.04. The molecule has 0 bridgehead atoms. The van der Waals surface area contributed by atoms with Crippen molar-refractivity contribution in [2.75, 3.05) is 17.2 Å². The molecule has 3 rings (SSSR count). The average molecular weight is 308 g/mol. The first kappa shape index (κ1) is 13.4. The molecule has 0 aromatic carbocycles. The van der Waals surface area contributed by atoms with Crippen LogP contribution in [0.2, 0.25) is 0 Å². The minimum Gasteiger partial charge on any atom is -0.477 e. The van der Waals surface area contributed by atoms with Crippen molar-refractivity contribution >= 4 is 51.7 Å². The van der Waals surface area contributed by atoms with Gasteiger partial charge >= 0.3 is 5.97 Å². The number of aromatic nitrogens is 1. The van der Waals surface area contributed by atoms with Crippen LogP contribution < -0.4 is 4.90 Å². The minimum absolute atomic E-state index is 0.0462. The number of hydrogen-bond acceptors (Lipinski definition) is 5. The highest BCUT2D eigenvalue weighted by atomic mass is 32.1. The topological polar surface area (TPSA) is 70.5 Å². The molecule has 0 aliphatic carbocycles. The number of fused-ring (bicyclic) bond motifs is 1. The van der Waals surface area contributed by atoms with Gasteiger partial charge in [0.05, 0.1) is 5.69 Å². The van der Waals surface area contributed by atoms with Crippen molar-refractivity contribution in [2.24, 2.45) is 5.92 Å². The Labute approximate surface area is 124 Å². The normalized spacial score (nSPS) is 18.9. The van der Waals surface area contributed by atoms with Crippen molar-refractivity contribution in [3.8, 4) is 0 Å². The van der Waals surface area contributed by atoms with Gasteiger partial charge in [0.1, 0.15) is 9.71 Å². The molecule has 1 amide bonds. The Bertz CT molecular complexity index is 698. The van der Waals surface area contributed by atoms with Gasteiger partial charge in [0, 0.05) is 24.5 Å². The van der Waals surface area contributed by atoms with E-state index in [-0.39, 0.29) is 16.7 Å². The molecule has 1 N–H and O–H groups in total. The molecule has 0 radical (unpaired) electrons. The molecule has 0 spiro atoms. The third-order valence-corrected chi connectivity index (χ3v) is 4.97. The first-order valence-electron chi connectivity index (χ1n) is 6.14. The lowest BCUT2D eigenvalue weighted by atomic mass is 10.1. The molecular weight excluding hydrogens is 296 g/mol. The van der Waals surface area contributed by atoms with Crippen LogP contribution in [-0.4, -0.2) is 34.3 Å². The number of thiophene rings is 1. The van der Waals surface area contributed by atoms with Crippen molar-refractivity contribution in [3.05, 3.63) is 23.2 Å². The molecule has 3 heterocycles. The van der Waals surface area contributed by atoms with E-state index in [9.17, 15) is 14.7 Å². The molecule has 0 saturated carbocycles. The predicted molar refractivity (Wildman–Crippen MR) is 80.9 cm³/mol. The predicted octanol–water partition coefficient (Wildman–Crippen LogP) is 2.28. The number of hydrogen-bond donors (Lipinski definition) is 2. The highest BCUT2D eigenvalue weighted by molar-refractivity contribution is 7.80. The van der Waals surface area contributed by atoms with Gasteiger partial charge in [-0.2, -0.15) is 12.6 Å². The molecule has 1 aliphatic rings. The number of pyridine rings is 1. The Morgan fingerprint density at radius 2 is 2.40 bits per heavy atom. The lowest BCUT2D eigenvalue weighted by Crippen LogP contribution is -2.26. The summed E-state index contributed by atoms with van der Waals surface area (Å²) in [5.41, 5.74) is 0.486. The zero-order valence-corrected chi connectivity index (χ0v) is 12.2. The average Bonchev–Trinajstić information content (AvgIpc) is 2.98. The summed E-state index contributed by atoms with van der Waals surface area (Å²) in [4.78, 5) is 30.1. The van der Waals surface area contributed by atoms with Gasteiger partial charge in [0.15, 0.2) is 0 Å². The van der Waals surface area contributed by atoms with Gasteiger partial charge in [-0.1, -0.05) is 0 Å². The van der Waals surface area contributed by atoms with Gasteiger partial charge < -0.3 is 10.0 Å². The van der Waals surface area contributed by atoms with Crippen LogP contribution in [0.5, 0.6) is 0 Å². The van der Waals surface area contributed by atoms with Crippen LogP contribution in [0.3, 0.4) is 0 Å². The molecule has 5 nitrogen and oxygen atoms in total. The third-order valence-electron chi connectivity index (χ3n) is 3.37. The van der Waals surface area contributed by atoms with Gasteiger partial charge in [0.2, 0.25) is 5.91 Å². The lowest BCUT2D eigenvalue weighted by molar-refractivity contribution is -0.117. The van der Waals surface area contributed by atoms with Crippen LogP contribution in [0.4, 0.5) is 5.69 Å². The summed E-state index contributed by atoms with van der Waals surface area (Å²) in [6.45, 7) is 0.517. The first-order chi connectivity index (χ1) is 9.61. The van der Waals surface area contributed by atoms with Crippen LogP contribution in [0.25, 0.3) is 10.2 Å². The molecule has 7 heteroatoms. The summed E-state index contributed by atoms with van der Waals surface area (Å²) in [5, 5.41) is 10.1. The summed E-state index contributed by atoms with van der Waals surface area (Å²) >= 11 is 5.34. The standard InChI is InChI=1S/C13H12N2O3S2/c16-9-4-7(6-19)5-15(9)10-8-2-1-3-14-12(8)20-11(10)13(17)18/h1-3,7,19H,4-6H2,(H,17,18). The molecular formula is C13H12N2O3S2. The molecule has 2 aromatic heterocycles. The molecule has 20 heavy (non-hydrogen) atoms. The van der Waals surface area contributed by atoms with Gasteiger partial charge in [0.25, 0.3) is 0 Å². The Morgan fingerprint density at radius 3 is 3.05 bits per heavy atom. The van der Waals surface area contributed by atoms with Crippen LogP contribution in [0.15, 0.2) is 18.3 Å². The van der Waals surface area contributed by atoms with Crippen LogP contribution in [0.1, 0.15) is 16.1 Å². The fraction of sp³-hybridized carbons (Fsp3) is 0.308. The van der Waals surface area contributed by atoms with E-state index >= 15 is 0 Å². The number of nitrogens with zero attached hydrogens (tertiary/aromatic N) is 2. The van der Waals surface area contributed by atoms with Crippen molar-refractivity contribution in [2.45, 2.75) is 6.42 Å². The highest BCUT2D eigenvalue weighted by Gasteiger charge is 2.34. The van der Waals surface area contributed by atoms with Gasteiger partial charge in [-0.15, -0.1) is 11.3 Å². The number of amides is 1.